The van der Waals surface area contributed by atoms with Gasteiger partial charge in [0.25, 0.3) is 0 Å². The lowest BCUT2D eigenvalue weighted by molar-refractivity contribution is -0.107. The Morgan fingerprint density at radius 3 is 2.29 bits per heavy atom. The molecule has 0 amide bonds. The fourth-order valence-electron chi connectivity index (χ4n) is 1.68. The van der Waals surface area contributed by atoms with E-state index < -0.39 is 5.24 Å². The first-order valence-electron chi connectivity index (χ1n) is 7.44. The zero-order valence-corrected chi connectivity index (χ0v) is 13.5. The number of hydrogen-bond acceptors (Lipinski definition) is 3. The van der Waals surface area contributed by atoms with Crippen molar-refractivity contribution in [2.24, 2.45) is 0 Å². The summed E-state index contributed by atoms with van der Waals surface area (Å²) in [6, 6.07) is 5.62. The van der Waals surface area contributed by atoms with Gasteiger partial charge in [-0.15, -0.1) is 0 Å². The van der Waals surface area contributed by atoms with Crippen LogP contribution in [0.15, 0.2) is 24.3 Å². The highest BCUT2D eigenvalue weighted by Gasteiger charge is 2.06. The van der Waals surface area contributed by atoms with Gasteiger partial charge < -0.3 is 9.47 Å². The Bertz CT molecular complexity index is 469. The number of benzene rings is 1. The summed E-state index contributed by atoms with van der Waals surface area (Å²) in [7, 11) is 0. The maximum atomic E-state index is 10.8. The maximum Gasteiger partial charge on any atom is 0.245 e. The molecule has 0 spiro atoms. The molecule has 1 aromatic rings. The SMILES string of the molecule is CCCCOc1ccc(/C=C/C(=O)Cl)cc1OCCCC. The number of rotatable bonds is 10. The van der Waals surface area contributed by atoms with E-state index in [1.165, 1.54) is 6.08 Å². The topological polar surface area (TPSA) is 35.5 Å². The fraction of sp³-hybridized carbons (Fsp3) is 0.471. The van der Waals surface area contributed by atoms with Crippen LogP contribution >= 0.6 is 11.6 Å². The molecule has 0 radical (unpaired) electrons. The van der Waals surface area contributed by atoms with Crippen LogP contribution in [0.25, 0.3) is 6.08 Å². The molecule has 1 aromatic carbocycles. The van der Waals surface area contributed by atoms with Crippen LogP contribution in [0.2, 0.25) is 0 Å². The van der Waals surface area contributed by atoms with Gasteiger partial charge in [-0.1, -0.05) is 38.8 Å². The van der Waals surface area contributed by atoms with Crippen molar-refractivity contribution < 1.29 is 14.3 Å². The molecule has 0 N–H and O–H groups in total. The summed E-state index contributed by atoms with van der Waals surface area (Å²) in [4.78, 5) is 10.8. The standard InChI is InChI=1S/C17H23ClO3/c1-3-5-11-20-15-9-7-14(8-10-17(18)19)13-16(15)21-12-6-4-2/h7-10,13H,3-6,11-12H2,1-2H3/b10-8+. The molecule has 0 aliphatic heterocycles. The summed E-state index contributed by atoms with van der Waals surface area (Å²) in [6.07, 6.45) is 7.16. The van der Waals surface area contributed by atoms with Gasteiger partial charge in [-0.05, 0) is 48.2 Å². The lowest BCUT2D eigenvalue weighted by atomic mass is 10.2. The lowest BCUT2D eigenvalue weighted by Crippen LogP contribution is -2.02. The number of ether oxygens (including phenoxy) is 2. The van der Waals surface area contributed by atoms with Crippen molar-refractivity contribution in [3.63, 3.8) is 0 Å². The first kappa shape index (κ1) is 17.6. The van der Waals surface area contributed by atoms with Crippen LogP contribution in [0, 0.1) is 0 Å². The monoisotopic (exact) mass is 310 g/mol. The minimum atomic E-state index is -0.494. The third-order valence-electron chi connectivity index (χ3n) is 2.89. The Hall–Kier alpha value is -1.48. The number of carbonyl (C=O) groups excluding carboxylic acids is 1. The molecule has 0 heterocycles. The summed E-state index contributed by atoms with van der Waals surface area (Å²) in [5.41, 5.74) is 0.860. The van der Waals surface area contributed by atoms with Gasteiger partial charge >= 0.3 is 0 Å². The molecule has 3 nitrogen and oxygen atoms in total. The Kier molecular flexibility index (Phi) is 8.60. The van der Waals surface area contributed by atoms with E-state index in [9.17, 15) is 4.79 Å². The van der Waals surface area contributed by atoms with Crippen molar-refractivity contribution in [1.82, 2.24) is 0 Å². The first-order valence-corrected chi connectivity index (χ1v) is 7.82. The molecule has 4 heteroatoms. The van der Waals surface area contributed by atoms with Gasteiger partial charge in [0.05, 0.1) is 13.2 Å². The van der Waals surface area contributed by atoms with Gasteiger partial charge in [-0.3, -0.25) is 4.79 Å². The Morgan fingerprint density at radius 2 is 1.71 bits per heavy atom. The van der Waals surface area contributed by atoms with Crippen molar-refractivity contribution in [3.8, 4) is 11.5 Å². The molecule has 21 heavy (non-hydrogen) atoms. The van der Waals surface area contributed by atoms with Crippen LogP contribution in [0.5, 0.6) is 11.5 Å². The number of halogens is 1. The van der Waals surface area contributed by atoms with Crippen molar-refractivity contribution >= 4 is 22.9 Å². The molecule has 0 fully saturated rings. The third kappa shape index (κ3) is 7.19. The van der Waals surface area contributed by atoms with Crippen LogP contribution in [-0.2, 0) is 4.79 Å². The van der Waals surface area contributed by atoms with Crippen molar-refractivity contribution in [2.45, 2.75) is 39.5 Å². The molecule has 1 rings (SSSR count). The van der Waals surface area contributed by atoms with Crippen LogP contribution < -0.4 is 9.47 Å². The normalized spacial score (nSPS) is 10.8. The van der Waals surface area contributed by atoms with Crippen molar-refractivity contribution in [2.75, 3.05) is 13.2 Å². The zero-order chi connectivity index (χ0) is 15.5. The average molecular weight is 311 g/mol. The van der Waals surface area contributed by atoms with Crippen molar-refractivity contribution in [3.05, 3.63) is 29.8 Å². The van der Waals surface area contributed by atoms with E-state index in [4.69, 9.17) is 21.1 Å². The van der Waals surface area contributed by atoms with Crippen LogP contribution in [0.1, 0.15) is 45.1 Å². The van der Waals surface area contributed by atoms with Crippen LogP contribution in [0.4, 0.5) is 0 Å². The van der Waals surface area contributed by atoms with Gasteiger partial charge in [0, 0.05) is 0 Å². The number of allylic oxidation sites excluding steroid dienone is 1. The predicted molar refractivity (Wildman–Crippen MR) is 87.1 cm³/mol. The summed E-state index contributed by atoms with van der Waals surface area (Å²) >= 11 is 5.30. The highest BCUT2D eigenvalue weighted by molar-refractivity contribution is 6.66. The summed E-state index contributed by atoms with van der Waals surface area (Å²) in [5, 5.41) is -0.494. The molecule has 116 valence electrons. The first-order chi connectivity index (χ1) is 10.2. The quantitative estimate of drug-likeness (QED) is 0.353. The molecule has 0 saturated heterocycles. The summed E-state index contributed by atoms with van der Waals surface area (Å²) in [5.74, 6) is 1.46. The maximum absolute atomic E-state index is 10.8. The minimum Gasteiger partial charge on any atom is -0.490 e. The Morgan fingerprint density at radius 1 is 1.10 bits per heavy atom. The molecule has 0 aromatic heterocycles. The minimum absolute atomic E-state index is 0.494. The third-order valence-corrected chi connectivity index (χ3v) is 3.01. The van der Waals surface area contributed by atoms with Gasteiger partial charge in [0.1, 0.15) is 0 Å². The summed E-state index contributed by atoms with van der Waals surface area (Å²) < 4.78 is 11.5. The molecule has 0 unspecified atom stereocenters. The second-order valence-corrected chi connectivity index (χ2v) is 5.12. The smallest absolute Gasteiger partial charge is 0.245 e. The number of hydrogen-bond donors (Lipinski definition) is 0. The van der Waals surface area contributed by atoms with E-state index in [-0.39, 0.29) is 0 Å². The molecule has 0 atom stereocenters. The highest BCUT2D eigenvalue weighted by Crippen LogP contribution is 2.29. The molecule has 0 aliphatic rings. The van der Waals surface area contributed by atoms with Gasteiger partial charge in [-0.2, -0.15) is 0 Å². The number of carbonyl (C=O) groups is 1. The average Bonchev–Trinajstić information content (AvgIpc) is 2.47. The van der Waals surface area contributed by atoms with Gasteiger partial charge in [0.15, 0.2) is 11.5 Å². The second kappa shape index (κ2) is 10.3. The van der Waals surface area contributed by atoms with E-state index in [1.807, 2.05) is 18.2 Å². The van der Waals surface area contributed by atoms with E-state index in [2.05, 4.69) is 13.8 Å². The van der Waals surface area contributed by atoms with Crippen LogP contribution in [-0.4, -0.2) is 18.5 Å². The lowest BCUT2D eigenvalue weighted by Gasteiger charge is -2.13. The van der Waals surface area contributed by atoms with E-state index in [1.54, 1.807) is 6.08 Å². The van der Waals surface area contributed by atoms with E-state index >= 15 is 0 Å². The largest absolute Gasteiger partial charge is 0.490 e. The zero-order valence-electron chi connectivity index (χ0n) is 12.7. The summed E-state index contributed by atoms with van der Waals surface area (Å²) in [6.45, 7) is 5.57. The van der Waals surface area contributed by atoms with Crippen LogP contribution in [0.3, 0.4) is 0 Å². The molecular formula is C17H23ClO3. The van der Waals surface area contributed by atoms with Gasteiger partial charge in [0.2, 0.25) is 5.24 Å². The molecular weight excluding hydrogens is 288 g/mol. The fourth-order valence-corrected chi connectivity index (χ4v) is 1.74. The molecule has 0 saturated carbocycles. The Labute approximate surface area is 131 Å². The van der Waals surface area contributed by atoms with Crippen molar-refractivity contribution in [1.29, 1.82) is 0 Å². The highest BCUT2D eigenvalue weighted by atomic mass is 35.5. The molecule has 0 aliphatic carbocycles. The second-order valence-electron chi connectivity index (χ2n) is 4.75. The number of unbranched alkanes of at least 4 members (excludes halogenated alkanes) is 2. The van der Waals surface area contributed by atoms with Gasteiger partial charge in [-0.25, -0.2) is 0 Å². The predicted octanol–water partition coefficient (Wildman–Crippen LogP) is 4.82. The van der Waals surface area contributed by atoms with E-state index in [0.717, 1.165) is 37.0 Å². The molecule has 0 bridgehead atoms. The Balaban J connectivity index is 2.82. The van der Waals surface area contributed by atoms with E-state index in [0.29, 0.717) is 19.0 Å².